The van der Waals surface area contributed by atoms with Gasteiger partial charge in [-0.2, -0.15) is 5.10 Å². The number of hydrogen-bond acceptors (Lipinski definition) is 3. The summed E-state index contributed by atoms with van der Waals surface area (Å²) >= 11 is 0. The molecule has 1 atom stereocenters. The van der Waals surface area contributed by atoms with Gasteiger partial charge in [0, 0.05) is 31.2 Å². The first-order chi connectivity index (χ1) is 9.10. The molecule has 0 aliphatic heterocycles. The lowest BCUT2D eigenvalue weighted by Gasteiger charge is -2.22. The fourth-order valence-corrected chi connectivity index (χ4v) is 2.37. The Morgan fingerprint density at radius 1 is 1.32 bits per heavy atom. The molecule has 0 amide bonds. The lowest BCUT2D eigenvalue weighted by Crippen LogP contribution is -2.40. The Balaban J connectivity index is 2.73. The molecular weight excluding hydrogens is 236 g/mol. The molecule has 1 aromatic heterocycles. The molecule has 4 heteroatoms. The van der Waals surface area contributed by atoms with Crippen LogP contribution in [0.15, 0.2) is 6.07 Å². The van der Waals surface area contributed by atoms with Crippen LogP contribution in [0.1, 0.15) is 38.6 Å². The Bertz CT molecular complexity index is 357. The molecule has 19 heavy (non-hydrogen) atoms. The summed E-state index contributed by atoms with van der Waals surface area (Å²) in [6, 6.07) is 2.77. The van der Waals surface area contributed by atoms with Gasteiger partial charge in [-0.05, 0) is 46.5 Å². The van der Waals surface area contributed by atoms with Gasteiger partial charge in [-0.3, -0.25) is 4.68 Å². The predicted molar refractivity (Wildman–Crippen MR) is 81.6 cm³/mol. The van der Waals surface area contributed by atoms with Gasteiger partial charge in [-0.15, -0.1) is 0 Å². The second-order valence-electron chi connectivity index (χ2n) is 5.41. The Morgan fingerprint density at radius 2 is 2.05 bits per heavy atom. The van der Waals surface area contributed by atoms with Crippen LogP contribution in [0, 0.1) is 0 Å². The minimum absolute atomic E-state index is 0.502. The second-order valence-corrected chi connectivity index (χ2v) is 5.41. The van der Waals surface area contributed by atoms with E-state index < -0.39 is 0 Å². The molecule has 0 fully saturated rings. The van der Waals surface area contributed by atoms with Crippen LogP contribution in [0.4, 0.5) is 0 Å². The first-order valence-corrected chi connectivity index (χ1v) is 7.54. The first-order valence-electron chi connectivity index (χ1n) is 7.54. The molecule has 0 bridgehead atoms. The molecule has 110 valence electrons. The fraction of sp³-hybridized carbons (Fsp3) is 0.800. The predicted octanol–water partition coefficient (Wildman–Crippen LogP) is 1.94. The molecule has 4 nitrogen and oxygen atoms in total. The van der Waals surface area contributed by atoms with Crippen molar-refractivity contribution in [3.63, 3.8) is 0 Å². The van der Waals surface area contributed by atoms with E-state index in [0.29, 0.717) is 6.04 Å². The van der Waals surface area contributed by atoms with Crippen LogP contribution in [-0.4, -0.2) is 47.9 Å². The number of rotatable bonds is 9. The smallest absolute Gasteiger partial charge is 0.0624 e. The standard InChI is InChI=1S/C15H30N4/c1-6-9-16-14(12-18(4)5)11-15-10-13(7-2)17-19(15)8-3/h10,14,16H,6-9,11-12H2,1-5H3. The SMILES string of the molecule is CCCNC(Cc1cc(CC)nn1CC)CN(C)C. The highest BCUT2D eigenvalue weighted by Gasteiger charge is 2.14. The van der Waals surface area contributed by atoms with E-state index in [1.807, 2.05) is 0 Å². The van der Waals surface area contributed by atoms with E-state index in [1.165, 1.54) is 17.8 Å². The monoisotopic (exact) mass is 266 g/mol. The molecule has 0 aliphatic rings. The van der Waals surface area contributed by atoms with Gasteiger partial charge in [0.25, 0.3) is 0 Å². The van der Waals surface area contributed by atoms with E-state index in [2.05, 4.69) is 60.9 Å². The molecule has 1 N–H and O–H groups in total. The van der Waals surface area contributed by atoms with Crippen molar-refractivity contribution in [2.75, 3.05) is 27.2 Å². The van der Waals surface area contributed by atoms with Gasteiger partial charge >= 0.3 is 0 Å². The van der Waals surface area contributed by atoms with E-state index in [-0.39, 0.29) is 0 Å². The zero-order valence-electron chi connectivity index (χ0n) is 13.2. The van der Waals surface area contributed by atoms with Crippen molar-refractivity contribution in [2.24, 2.45) is 0 Å². The minimum atomic E-state index is 0.502. The second kappa shape index (κ2) is 8.33. The van der Waals surface area contributed by atoms with Crippen LogP contribution < -0.4 is 5.32 Å². The van der Waals surface area contributed by atoms with E-state index in [1.54, 1.807) is 0 Å². The van der Waals surface area contributed by atoms with Crippen molar-refractivity contribution >= 4 is 0 Å². The molecule has 1 unspecified atom stereocenters. The van der Waals surface area contributed by atoms with Gasteiger partial charge < -0.3 is 10.2 Å². The third kappa shape index (κ3) is 5.33. The third-order valence-corrected chi connectivity index (χ3v) is 3.30. The maximum Gasteiger partial charge on any atom is 0.0624 e. The van der Waals surface area contributed by atoms with Crippen LogP contribution in [0.25, 0.3) is 0 Å². The van der Waals surface area contributed by atoms with Gasteiger partial charge in [0.2, 0.25) is 0 Å². The van der Waals surface area contributed by atoms with Gasteiger partial charge in [-0.25, -0.2) is 0 Å². The van der Waals surface area contributed by atoms with Crippen molar-refractivity contribution in [3.05, 3.63) is 17.5 Å². The van der Waals surface area contributed by atoms with E-state index in [0.717, 1.165) is 32.5 Å². The minimum Gasteiger partial charge on any atom is -0.312 e. The molecule has 0 radical (unpaired) electrons. The summed E-state index contributed by atoms with van der Waals surface area (Å²) in [5.41, 5.74) is 2.56. The average Bonchev–Trinajstić information content (AvgIpc) is 2.77. The molecule has 1 aromatic rings. The highest BCUT2D eigenvalue weighted by molar-refractivity contribution is 5.12. The third-order valence-electron chi connectivity index (χ3n) is 3.30. The zero-order valence-corrected chi connectivity index (χ0v) is 13.2. The molecule has 0 aliphatic carbocycles. The van der Waals surface area contributed by atoms with Gasteiger partial charge in [0.15, 0.2) is 0 Å². The average molecular weight is 266 g/mol. The fourth-order valence-electron chi connectivity index (χ4n) is 2.37. The molecular formula is C15H30N4. The molecule has 1 heterocycles. The summed E-state index contributed by atoms with van der Waals surface area (Å²) in [5.74, 6) is 0. The quantitative estimate of drug-likeness (QED) is 0.741. The Kier molecular flexibility index (Phi) is 7.10. The summed E-state index contributed by atoms with van der Waals surface area (Å²) in [6.07, 6.45) is 3.25. The summed E-state index contributed by atoms with van der Waals surface area (Å²) in [4.78, 5) is 2.25. The van der Waals surface area contributed by atoms with Crippen LogP contribution in [-0.2, 0) is 19.4 Å². The van der Waals surface area contributed by atoms with E-state index in [9.17, 15) is 0 Å². The highest BCUT2D eigenvalue weighted by atomic mass is 15.3. The van der Waals surface area contributed by atoms with Crippen LogP contribution >= 0.6 is 0 Å². The topological polar surface area (TPSA) is 33.1 Å². The van der Waals surface area contributed by atoms with Crippen LogP contribution in [0.5, 0.6) is 0 Å². The van der Waals surface area contributed by atoms with Crippen LogP contribution in [0.2, 0.25) is 0 Å². The molecule has 0 aromatic carbocycles. The van der Waals surface area contributed by atoms with Crippen molar-refractivity contribution in [1.82, 2.24) is 20.0 Å². The van der Waals surface area contributed by atoms with Crippen molar-refractivity contribution in [1.29, 1.82) is 0 Å². The number of hydrogen-bond donors (Lipinski definition) is 1. The van der Waals surface area contributed by atoms with E-state index >= 15 is 0 Å². The van der Waals surface area contributed by atoms with Crippen molar-refractivity contribution in [2.45, 2.75) is 52.6 Å². The normalized spacial score (nSPS) is 13.2. The maximum atomic E-state index is 4.63. The van der Waals surface area contributed by atoms with Crippen molar-refractivity contribution < 1.29 is 0 Å². The first kappa shape index (κ1) is 16.2. The lowest BCUT2D eigenvalue weighted by molar-refractivity contribution is 0.332. The number of nitrogens with one attached hydrogen (secondary N) is 1. The summed E-state index contributed by atoms with van der Waals surface area (Å²) in [5, 5.41) is 8.28. The lowest BCUT2D eigenvalue weighted by atomic mass is 10.1. The number of aryl methyl sites for hydroxylation is 2. The van der Waals surface area contributed by atoms with Gasteiger partial charge in [0.05, 0.1) is 5.69 Å². The highest BCUT2D eigenvalue weighted by Crippen LogP contribution is 2.09. The molecule has 1 rings (SSSR count). The largest absolute Gasteiger partial charge is 0.312 e. The Hall–Kier alpha value is -0.870. The molecule has 0 spiro atoms. The van der Waals surface area contributed by atoms with E-state index in [4.69, 9.17) is 0 Å². The Labute approximate surface area is 118 Å². The van der Waals surface area contributed by atoms with Gasteiger partial charge in [0.1, 0.15) is 0 Å². The van der Waals surface area contributed by atoms with Gasteiger partial charge in [-0.1, -0.05) is 13.8 Å². The summed E-state index contributed by atoms with van der Waals surface area (Å²) in [6.45, 7) is 9.65. The zero-order chi connectivity index (χ0) is 14.3. The summed E-state index contributed by atoms with van der Waals surface area (Å²) < 4.78 is 2.15. The summed E-state index contributed by atoms with van der Waals surface area (Å²) in [7, 11) is 4.27. The Morgan fingerprint density at radius 3 is 2.58 bits per heavy atom. The number of aromatic nitrogens is 2. The van der Waals surface area contributed by atoms with Crippen LogP contribution in [0.3, 0.4) is 0 Å². The van der Waals surface area contributed by atoms with Crippen molar-refractivity contribution in [3.8, 4) is 0 Å². The number of nitrogens with zero attached hydrogens (tertiary/aromatic N) is 3. The molecule has 0 saturated heterocycles. The number of likely N-dealkylation sites (N-methyl/N-ethyl adjacent to an activating group) is 1. The molecule has 0 saturated carbocycles. The maximum absolute atomic E-state index is 4.63.